The number of benzene rings is 2. The molecule has 3 heterocycles. The Bertz CT molecular complexity index is 1770. The number of nitrogen functional groups attached to an aromatic ring is 1. The van der Waals surface area contributed by atoms with Gasteiger partial charge in [0.15, 0.2) is 0 Å². The Labute approximate surface area is 265 Å². The van der Waals surface area contributed by atoms with Crippen molar-refractivity contribution in [1.82, 2.24) is 19.8 Å². The van der Waals surface area contributed by atoms with Gasteiger partial charge in [0.2, 0.25) is 5.91 Å². The van der Waals surface area contributed by atoms with Gasteiger partial charge in [0.05, 0.1) is 31.7 Å². The molecule has 8 nitrogen and oxygen atoms in total. The summed E-state index contributed by atoms with van der Waals surface area (Å²) < 4.78 is 40.6. The van der Waals surface area contributed by atoms with E-state index < -0.39 is 18.6 Å². The van der Waals surface area contributed by atoms with E-state index in [9.17, 15) is 22.8 Å². The maximum Gasteiger partial charge on any atom is 0.405 e. The highest BCUT2D eigenvalue weighted by atomic mass is 79.9. The van der Waals surface area contributed by atoms with Gasteiger partial charge in [0.25, 0.3) is 5.91 Å². The zero-order valence-corrected chi connectivity index (χ0v) is 26.1. The summed E-state index contributed by atoms with van der Waals surface area (Å²) in [6.45, 7) is -0.460. The van der Waals surface area contributed by atoms with Crippen molar-refractivity contribution in [3.63, 3.8) is 0 Å². The van der Waals surface area contributed by atoms with Crippen LogP contribution in [0.4, 0.5) is 24.7 Å². The number of aromatic nitrogens is 2. The van der Waals surface area contributed by atoms with Crippen LogP contribution in [-0.2, 0) is 11.8 Å². The van der Waals surface area contributed by atoms with Crippen molar-refractivity contribution in [3.8, 4) is 22.4 Å². The van der Waals surface area contributed by atoms with Crippen LogP contribution < -0.4 is 16.4 Å². The van der Waals surface area contributed by atoms with Crippen LogP contribution in [-0.4, -0.2) is 58.6 Å². The molecule has 1 saturated heterocycles. The first-order valence-corrected chi connectivity index (χ1v) is 14.9. The Hall–Kier alpha value is -3.87. The maximum absolute atomic E-state index is 12.6. The molecule has 1 aliphatic heterocycles. The number of rotatable bonds is 7. The molecule has 0 saturated carbocycles. The highest BCUT2D eigenvalue weighted by Crippen LogP contribution is 2.45. The highest BCUT2D eigenvalue weighted by Gasteiger charge is 2.29. The lowest BCUT2D eigenvalue weighted by Gasteiger charge is -2.14. The van der Waals surface area contributed by atoms with Crippen LogP contribution in [0.2, 0.25) is 5.02 Å². The zero-order chi connectivity index (χ0) is 31.8. The smallest absolute Gasteiger partial charge is 0.383 e. The second kappa shape index (κ2) is 12.6. The average molecular weight is 690 g/mol. The molecular formula is C31H29BrClF3N6O2. The van der Waals surface area contributed by atoms with Gasteiger partial charge in [0, 0.05) is 36.6 Å². The minimum absolute atomic E-state index is 0.0263. The van der Waals surface area contributed by atoms with Crippen molar-refractivity contribution in [2.45, 2.75) is 25.1 Å². The number of pyridine rings is 1. The van der Waals surface area contributed by atoms with Crippen LogP contribution in [0.5, 0.6) is 0 Å². The van der Waals surface area contributed by atoms with Gasteiger partial charge in [-0.05, 0) is 77.8 Å². The number of likely N-dealkylation sites (N-methyl/N-ethyl adjacent to an activating group) is 1. The van der Waals surface area contributed by atoms with Crippen molar-refractivity contribution in [2.75, 3.05) is 31.2 Å². The predicted octanol–water partition coefficient (Wildman–Crippen LogP) is 6.79. The van der Waals surface area contributed by atoms with Gasteiger partial charge < -0.3 is 20.9 Å². The van der Waals surface area contributed by atoms with E-state index in [0.29, 0.717) is 26.7 Å². The number of fused-ring (bicyclic) bond motifs is 1. The maximum atomic E-state index is 12.6. The fourth-order valence-corrected chi connectivity index (χ4v) is 6.32. The number of carbonyl (C=O) groups is 2. The number of alkyl halides is 3. The molecule has 2 aromatic heterocycles. The largest absolute Gasteiger partial charge is 0.405 e. The fourth-order valence-electron chi connectivity index (χ4n) is 5.49. The van der Waals surface area contributed by atoms with E-state index in [4.69, 9.17) is 17.3 Å². The van der Waals surface area contributed by atoms with Crippen LogP contribution in [0.15, 0.2) is 65.3 Å². The van der Waals surface area contributed by atoms with Gasteiger partial charge in [-0.2, -0.15) is 13.2 Å². The van der Waals surface area contributed by atoms with Gasteiger partial charge in [0.1, 0.15) is 12.4 Å². The first-order chi connectivity index (χ1) is 20.8. The number of nitrogens with zero attached hydrogens (tertiary/aromatic N) is 3. The average Bonchev–Trinajstić information content (AvgIpc) is 3.53. The van der Waals surface area contributed by atoms with E-state index >= 15 is 0 Å². The third-order valence-electron chi connectivity index (χ3n) is 7.62. The summed E-state index contributed by atoms with van der Waals surface area (Å²) in [4.78, 5) is 31.5. The molecule has 0 aliphatic carbocycles. The Kier molecular flexibility index (Phi) is 9.05. The first-order valence-electron chi connectivity index (χ1n) is 13.7. The van der Waals surface area contributed by atoms with Crippen molar-refractivity contribution >= 4 is 61.8 Å². The summed E-state index contributed by atoms with van der Waals surface area (Å²) in [6.07, 6.45) is 2.66. The van der Waals surface area contributed by atoms with E-state index in [-0.39, 0.29) is 28.4 Å². The van der Waals surface area contributed by atoms with E-state index in [1.54, 1.807) is 30.5 Å². The second-order valence-electron chi connectivity index (χ2n) is 10.6. The Balaban J connectivity index is 1.50. The standard InChI is InChI=1S/C31H29BrClF3N6O2/c1-41-13-3-4-20(41)10-12-24(43)40-19-8-5-17(6-9-19)27-25(26-28(42(27)2)22(32)15-38-29(26)37)18-7-11-21(23(33)14-18)30(44)39-16-31(34,35)36/h5-12,14-15,20H,3-4,13,16H2,1-2H3,(H2,37,38)(H,39,44)(H,40,43)/b12-10+/t20-/m1/s1. The molecule has 4 N–H and O–H groups in total. The summed E-state index contributed by atoms with van der Waals surface area (Å²) in [7, 11) is 3.91. The van der Waals surface area contributed by atoms with Crippen LogP contribution in [0.3, 0.4) is 0 Å². The number of amides is 2. The molecule has 0 unspecified atom stereocenters. The molecule has 13 heteroatoms. The highest BCUT2D eigenvalue weighted by molar-refractivity contribution is 9.10. The van der Waals surface area contributed by atoms with E-state index in [0.717, 1.165) is 36.2 Å². The van der Waals surface area contributed by atoms with Crippen molar-refractivity contribution in [1.29, 1.82) is 0 Å². The number of nitrogens with one attached hydrogen (secondary N) is 2. The summed E-state index contributed by atoms with van der Waals surface area (Å²) in [5.74, 6) is -0.907. The SMILES string of the molecule is CN1CCC[C@@H]1/C=C/C(=O)Nc1ccc(-c2c(-c3ccc(C(=O)NCC(F)(F)F)c(Cl)c3)c3c(N)ncc(Br)c3n2C)cc1. The number of likely N-dealkylation sites (tertiary alicyclic amines) is 1. The summed E-state index contributed by atoms with van der Waals surface area (Å²) >= 11 is 10.0. The molecule has 5 rings (SSSR count). The van der Waals surface area contributed by atoms with Gasteiger partial charge in [-0.1, -0.05) is 35.9 Å². The van der Waals surface area contributed by atoms with Gasteiger partial charge in [-0.15, -0.1) is 0 Å². The van der Waals surface area contributed by atoms with Crippen molar-refractivity contribution in [3.05, 3.63) is 75.9 Å². The minimum atomic E-state index is -4.56. The monoisotopic (exact) mass is 688 g/mol. The summed E-state index contributed by atoms with van der Waals surface area (Å²) in [5, 5.41) is 5.34. The lowest BCUT2D eigenvalue weighted by molar-refractivity contribution is -0.123. The third-order valence-corrected chi connectivity index (χ3v) is 8.51. The zero-order valence-electron chi connectivity index (χ0n) is 23.8. The molecule has 0 bridgehead atoms. The van der Waals surface area contributed by atoms with E-state index in [1.165, 1.54) is 12.1 Å². The van der Waals surface area contributed by atoms with Crippen LogP contribution in [0, 0.1) is 0 Å². The number of hydrogen-bond donors (Lipinski definition) is 3. The van der Waals surface area contributed by atoms with E-state index in [2.05, 4.69) is 31.1 Å². The molecule has 2 aromatic carbocycles. The molecule has 1 fully saturated rings. The molecule has 0 radical (unpaired) electrons. The van der Waals surface area contributed by atoms with Crippen LogP contribution in [0.25, 0.3) is 33.3 Å². The normalized spacial score (nSPS) is 15.8. The van der Waals surface area contributed by atoms with Crippen LogP contribution in [0.1, 0.15) is 23.2 Å². The molecule has 1 atom stereocenters. The summed E-state index contributed by atoms with van der Waals surface area (Å²) in [5.41, 5.74) is 10.4. The minimum Gasteiger partial charge on any atom is -0.383 e. The number of aryl methyl sites for hydroxylation is 1. The second-order valence-corrected chi connectivity index (χ2v) is 11.9. The van der Waals surface area contributed by atoms with E-state index in [1.807, 2.05) is 42.2 Å². The third kappa shape index (κ3) is 6.62. The lowest BCUT2D eigenvalue weighted by atomic mass is 9.97. The van der Waals surface area contributed by atoms with Gasteiger partial charge in [-0.25, -0.2) is 4.98 Å². The van der Waals surface area contributed by atoms with Gasteiger partial charge in [-0.3, -0.25) is 14.5 Å². The first kappa shape index (κ1) is 31.6. The van der Waals surface area contributed by atoms with Crippen molar-refractivity contribution in [2.24, 2.45) is 7.05 Å². The molecule has 4 aromatic rings. The molecule has 44 heavy (non-hydrogen) atoms. The van der Waals surface area contributed by atoms with Crippen LogP contribution >= 0.6 is 27.5 Å². The molecule has 230 valence electrons. The lowest BCUT2D eigenvalue weighted by Crippen LogP contribution is -2.33. The molecule has 1 aliphatic rings. The summed E-state index contributed by atoms with van der Waals surface area (Å²) in [6, 6.07) is 12.1. The Morgan fingerprint density at radius 3 is 2.50 bits per heavy atom. The Morgan fingerprint density at radius 1 is 1.16 bits per heavy atom. The predicted molar refractivity (Wildman–Crippen MR) is 171 cm³/mol. The number of hydrogen-bond acceptors (Lipinski definition) is 5. The fraction of sp³-hybridized carbons (Fsp3) is 0.258. The number of carbonyl (C=O) groups excluding carboxylic acids is 2. The Morgan fingerprint density at radius 2 is 1.86 bits per heavy atom. The number of anilines is 2. The number of halogens is 5. The topological polar surface area (TPSA) is 105 Å². The molecule has 0 spiro atoms. The molecular weight excluding hydrogens is 661 g/mol. The quantitative estimate of drug-likeness (QED) is 0.186. The number of nitrogens with two attached hydrogens (primary N) is 1. The van der Waals surface area contributed by atoms with Gasteiger partial charge >= 0.3 is 6.18 Å². The molecule has 2 amide bonds. The van der Waals surface area contributed by atoms with Crippen molar-refractivity contribution < 1.29 is 22.8 Å².